The maximum Gasteiger partial charge on any atom is 0.416 e. The molecule has 1 rings (SSSR count). The molecule has 0 atom stereocenters. The van der Waals surface area contributed by atoms with Gasteiger partial charge in [0.1, 0.15) is 5.75 Å². The molecule has 0 saturated carbocycles. The SMILES string of the molecule is CCCS(=O)(=O)CC(=O)NCCNC(=O)c1ccc(C(F)(F)F)cc1. The Balaban J connectivity index is 2.39. The lowest BCUT2D eigenvalue weighted by Gasteiger charge is -2.09. The Bertz CT molecular complexity index is 700. The maximum absolute atomic E-state index is 12.4. The van der Waals surface area contributed by atoms with Crippen molar-refractivity contribution in [2.75, 3.05) is 24.6 Å². The Morgan fingerprint density at radius 1 is 1.04 bits per heavy atom. The van der Waals surface area contributed by atoms with Gasteiger partial charge in [-0.05, 0) is 30.7 Å². The molecule has 0 spiro atoms. The molecule has 0 unspecified atom stereocenters. The van der Waals surface area contributed by atoms with Gasteiger partial charge in [-0.3, -0.25) is 9.59 Å². The smallest absolute Gasteiger partial charge is 0.353 e. The van der Waals surface area contributed by atoms with E-state index in [1.807, 2.05) is 0 Å². The average molecular weight is 380 g/mol. The molecule has 0 radical (unpaired) electrons. The van der Waals surface area contributed by atoms with Crippen molar-refractivity contribution >= 4 is 21.7 Å². The second kappa shape index (κ2) is 8.84. The van der Waals surface area contributed by atoms with Gasteiger partial charge in [0.15, 0.2) is 9.84 Å². The van der Waals surface area contributed by atoms with Crippen LogP contribution in [0.15, 0.2) is 24.3 Å². The summed E-state index contributed by atoms with van der Waals surface area (Å²) in [7, 11) is -3.43. The van der Waals surface area contributed by atoms with Crippen LogP contribution >= 0.6 is 0 Å². The molecular formula is C15H19F3N2O4S. The average Bonchev–Trinajstić information content (AvgIpc) is 2.50. The zero-order valence-electron chi connectivity index (χ0n) is 13.5. The van der Waals surface area contributed by atoms with Gasteiger partial charge in [0, 0.05) is 18.7 Å². The molecule has 6 nitrogen and oxygen atoms in total. The van der Waals surface area contributed by atoms with Crippen molar-refractivity contribution in [1.82, 2.24) is 10.6 Å². The number of benzene rings is 1. The van der Waals surface area contributed by atoms with E-state index < -0.39 is 39.1 Å². The Labute approximate surface area is 143 Å². The van der Waals surface area contributed by atoms with Crippen molar-refractivity contribution in [2.45, 2.75) is 19.5 Å². The molecule has 2 N–H and O–H groups in total. The minimum atomic E-state index is -4.47. The van der Waals surface area contributed by atoms with Crippen LogP contribution < -0.4 is 10.6 Å². The van der Waals surface area contributed by atoms with Gasteiger partial charge in [-0.25, -0.2) is 8.42 Å². The van der Waals surface area contributed by atoms with E-state index in [-0.39, 0.29) is 24.4 Å². The summed E-state index contributed by atoms with van der Waals surface area (Å²) >= 11 is 0. The Morgan fingerprint density at radius 2 is 1.60 bits per heavy atom. The lowest BCUT2D eigenvalue weighted by atomic mass is 10.1. The van der Waals surface area contributed by atoms with Crippen molar-refractivity contribution < 1.29 is 31.2 Å². The van der Waals surface area contributed by atoms with Gasteiger partial charge in [-0.2, -0.15) is 13.2 Å². The first kappa shape index (κ1) is 20.9. The summed E-state index contributed by atoms with van der Waals surface area (Å²) in [5.74, 6) is -1.96. The largest absolute Gasteiger partial charge is 0.416 e. The second-order valence-electron chi connectivity index (χ2n) is 5.27. The lowest BCUT2D eigenvalue weighted by molar-refractivity contribution is -0.137. The van der Waals surface area contributed by atoms with Crippen LogP contribution in [0.1, 0.15) is 29.3 Å². The van der Waals surface area contributed by atoms with Crippen LogP contribution in [0.4, 0.5) is 13.2 Å². The zero-order valence-corrected chi connectivity index (χ0v) is 14.3. The van der Waals surface area contributed by atoms with Gasteiger partial charge in [-0.1, -0.05) is 6.92 Å². The number of amides is 2. The number of carbonyl (C=O) groups is 2. The molecule has 0 heterocycles. The number of sulfone groups is 1. The van der Waals surface area contributed by atoms with Crippen LogP contribution in [-0.2, 0) is 20.8 Å². The summed E-state index contributed by atoms with van der Waals surface area (Å²) in [5, 5.41) is 4.77. The van der Waals surface area contributed by atoms with Crippen molar-refractivity contribution in [3.05, 3.63) is 35.4 Å². The van der Waals surface area contributed by atoms with Gasteiger partial charge < -0.3 is 10.6 Å². The van der Waals surface area contributed by atoms with Crippen molar-refractivity contribution in [2.24, 2.45) is 0 Å². The summed E-state index contributed by atoms with van der Waals surface area (Å²) < 4.78 is 60.2. The topological polar surface area (TPSA) is 92.3 Å². The number of hydrogen-bond acceptors (Lipinski definition) is 4. The Morgan fingerprint density at radius 3 is 2.12 bits per heavy atom. The quantitative estimate of drug-likeness (QED) is 0.667. The highest BCUT2D eigenvalue weighted by Gasteiger charge is 2.30. The fourth-order valence-electron chi connectivity index (χ4n) is 1.92. The highest BCUT2D eigenvalue weighted by atomic mass is 32.2. The molecule has 10 heteroatoms. The highest BCUT2D eigenvalue weighted by molar-refractivity contribution is 7.92. The van der Waals surface area contributed by atoms with Crippen molar-refractivity contribution in [3.8, 4) is 0 Å². The van der Waals surface area contributed by atoms with E-state index in [4.69, 9.17) is 0 Å². The number of carbonyl (C=O) groups excluding carboxylic acids is 2. The molecule has 0 saturated heterocycles. The minimum absolute atomic E-state index is 0.00680. The molecule has 0 bridgehead atoms. The van der Waals surface area contributed by atoms with Gasteiger partial charge in [-0.15, -0.1) is 0 Å². The summed E-state index contributed by atoms with van der Waals surface area (Å²) in [6.45, 7) is 1.71. The molecular weight excluding hydrogens is 361 g/mol. The van der Waals surface area contributed by atoms with E-state index in [2.05, 4.69) is 10.6 Å². The normalized spacial score (nSPS) is 11.8. The summed E-state index contributed by atoms with van der Waals surface area (Å²) in [5.41, 5.74) is -0.811. The van der Waals surface area contributed by atoms with E-state index in [1.165, 1.54) is 0 Å². The molecule has 0 fully saturated rings. The lowest BCUT2D eigenvalue weighted by Crippen LogP contribution is -2.37. The van der Waals surface area contributed by atoms with Crippen LogP contribution in [0, 0.1) is 0 Å². The molecule has 1 aromatic rings. The first-order chi connectivity index (χ1) is 11.5. The minimum Gasteiger partial charge on any atom is -0.353 e. The van der Waals surface area contributed by atoms with Gasteiger partial charge in [0.2, 0.25) is 5.91 Å². The van der Waals surface area contributed by atoms with Crippen molar-refractivity contribution in [3.63, 3.8) is 0 Å². The summed E-state index contributed by atoms with van der Waals surface area (Å²) in [4.78, 5) is 23.2. The third-order valence-corrected chi connectivity index (χ3v) is 4.81. The predicted octanol–water partition coefficient (Wildman–Crippen LogP) is 1.38. The monoisotopic (exact) mass is 380 g/mol. The third-order valence-electron chi connectivity index (χ3n) is 3.07. The Hall–Kier alpha value is -2.10. The first-order valence-corrected chi connectivity index (χ1v) is 9.30. The van der Waals surface area contributed by atoms with E-state index in [1.54, 1.807) is 6.92 Å². The van der Waals surface area contributed by atoms with Crippen LogP contribution in [0.2, 0.25) is 0 Å². The molecule has 2 amide bonds. The Kier molecular flexibility index (Phi) is 7.40. The van der Waals surface area contributed by atoms with E-state index in [0.29, 0.717) is 6.42 Å². The fourth-order valence-corrected chi connectivity index (χ4v) is 3.19. The zero-order chi connectivity index (χ0) is 19.1. The number of halogens is 3. The number of nitrogens with one attached hydrogen (secondary N) is 2. The molecule has 0 aliphatic carbocycles. The highest BCUT2D eigenvalue weighted by Crippen LogP contribution is 2.28. The van der Waals surface area contributed by atoms with Gasteiger partial charge in [0.05, 0.1) is 11.3 Å². The maximum atomic E-state index is 12.4. The predicted molar refractivity (Wildman–Crippen MR) is 85.7 cm³/mol. The van der Waals surface area contributed by atoms with Crippen LogP contribution in [0.25, 0.3) is 0 Å². The van der Waals surface area contributed by atoms with Crippen LogP contribution in [0.3, 0.4) is 0 Å². The van der Waals surface area contributed by atoms with Crippen molar-refractivity contribution in [1.29, 1.82) is 0 Å². The second-order valence-corrected chi connectivity index (χ2v) is 7.46. The van der Waals surface area contributed by atoms with Crippen LogP contribution in [-0.4, -0.2) is 44.8 Å². The molecule has 0 aromatic heterocycles. The number of hydrogen-bond donors (Lipinski definition) is 2. The first-order valence-electron chi connectivity index (χ1n) is 7.48. The van der Waals surface area contributed by atoms with E-state index >= 15 is 0 Å². The molecule has 1 aromatic carbocycles. The van der Waals surface area contributed by atoms with E-state index in [9.17, 15) is 31.2 Å². The molecule has 0 aliphatic heterocycles. The molecule has 0 aliphatic rings. The van der Waals surface area contributed by atoms with Crippen LogP contribution in [0.5, 0.6) is 0 Å². The molecule has 140 valence electrons. The molecule has 25 heavy (non-hydrogen) atoms. The standard InChI is InChI=1S/C15H19F3N2O4S/c1-2-9-25(23,24)10-13(21)19-7-8-20-14(22)11-3-5-12(6-4-11)15(16,17)18/h3-6H,2,7-10H2,1H3,(H,19,21)(H,20,22). The third kappa shape index (κ3) is 7.55. The summed E-state index contributed by atoms with van der Waals surface area (Å²) in [6.07, 6.45) is -4.06. The number of rotatable bonds is 8. The summed E-state index contributed by atoms with van der Waals surface area (Å²) in [6, 6.07) is 3.70. The van der Waals surface area contributed by atoms with Gasteiger partial charge in [0.25, 0.3) is 5.91 Å². The van der Waals surface area contributed by atoms with Gasteiger partial charge >= 0.3 is 6.18 Å². The number of alkyl halides is 3. The van der Waals surface area contributed by atoms with E-state index in [0.717, 1.165) is 24.3 Å². The fraction of sp³-hybridized carbons (Fsp3) is 0.467.